The second kappa shape index (κ2) is 9.75. The van der Waals surface area contributed by atoms with Crippen LogP contribution in [-0.4, -0.2) is 11.8 Å². The van der Waals surface area contributed by atoms with Gasteiger partial charge < -0.3 is 10.6 Å². The Morgan fingerprint density at radius 1 is 0.625 bits per heavy atom. The normalized spacial score (nSPS) is 10.4. The van der Waals surface area contributed by atoms with Crippen LogP contribution in [0.2, 0.25) is 0 Å². The molecule has 0 fully saturated rings. The van der Waals surface area contributed by atoms with Gasteiger partial charge in [-0.2, -0.15) is 0 Å². The second-order valence-corrected chi connectivity index (χ2v) is 7.57. The number of anilines is 2. The fourth-order valence-corrected chi connectivity index (χ4v) is 3.59. The van der Waals surface area contributed by atoms with Gasteiger partial charge in [-0.15, -0.1) is 0 Å². The molecule has 0 aliphatic rings. The molecule has 0 aliphatic heterocycles. The van der Waals surface area contributed by atoms with Crippen molar-refractivity contribution in [3.63, 3.8) is 0 Å². The predicted octanol–water partition coefficient (Wildman–Crippen LogP) is 6.09. The molecule has 4 heteroatoms. The van der Waals surface area contributed by atoms with E-state index in [2.05, 4.69) is 22.8 Å². The summed E-state index contributed by atoms with van der Waals surface area (Å²) in [5, 5.41) is 5.95. The number of carbonyl (C=O) groups is 2. The molecule has 0 spiro atoms. The molecule has 0 bridgehead atoms. The largest absolute Gasteiger partial charge is 0.322 e. The number of benzene rings is 4. The number of hydrogen-bond donors (Lipinski definition) is 2. The number of hydrogen-bond acceptors (Lipinski definition) is 2. The average Bonchev–Trinajstić information content (AvgIpc) is 2.83. The van der Waals surface area contributed by atoms with Gasteiger partial charge >= 0.3 is 0 Å². The van der Waals surface area contributed by atoms with E-state index < -0.39 is 0 Å². The molecule has 2 N–H and O–H groups in total. The predicted molar refractivity (Wildman–Crippen MR) is 129 cm³/mol. The lowest BCUT2D eigenvalue weighted by atomic mass is 9.99. The van der Waals surface area contributed by atoms with Crippen molar-refractivity contribution in [3.05, 3.63) is 131 Å². The average molecular weight is 421 g/mol. The Bertz CT molecular complexity index is 1230. The van der Waals surface area contributed by atoms with E-state index in [1.165, 1.54) is 0 Å². The van der Waals surface area contributed by atoms with Crippen LogP contribution in [0.5, 0.6) is 0 Å². The summed E-state index contributed by atoms with van der Waals surface area (Å²) in [6, 6.07) is 32.2. The Hall–Kier alpha value is -4.18. The summed E-state index contributed by atoms with van der Waals surface area (Å²) in [6.45, 7) is 1.88. The molecule has 4 aromatic rings. The van der Waals surface area contributed by atoms with Crippen molar-refractivity contribution in [2.24, 2.45) is 0 Å². The molecule has 0 aromatic heterocycles. The minimum absolute atomic E-state index is 0.175. The molecule has 4 rings (SSSR count). The lowest BCUT2D eigenvalue weighted by Crippen LogP contribution is -2.17. The van der Waals surface area contributed by atoms with Gasteiger partial charge in [-0.05, 0) is 60.4 Å². The number of nitrogens with one attached hydrogen (secondary N) is 2. The minimum Gasteiger partial charge on any atom is -0.322 e. The third-order valence-electron chi connectivity index (χ3n) is 5.37. The second-order valence-electron chi connectivity index (χ2n) is 7.57. The third kappa shape index (κ3) is 4.93. The first-order chi connectivity index (χ1) is 15.6. The van der Waals surface area contributed by atoms with Crippen LogP contribution in [0.25, 0.3) is 0 Å². The van der Waals surface area contributed by atoms with E-state index in [4.69, 9.17) is 0 Å². The van der Waals surface area contributed by atoms with Crippen LogP contribution >= 0.6 is 0 Å². The molecule has 0 unspecified atom stereocenters. The van der Waals surface area contributed by atoms with Gasteiger partial charge in [0.15, 0.2) is 0 Å². The number of carbonyl (C=O) groups excluding carboxylic acids is 2. The summed E-state index contributed by atoms with van der Waals surface area (Å²) >= 11 is 0. The maximum atomic E-state index is 13.1. The quantitative estimate of drug-likeness (QED) is 0.396. The zero-order valence-corrected chi connectivity index (χ0v) is 17.8. The summed E-state index contributed by atoms with van der Waals surface area (Å²) in [4.78, 5) is 25.7. The molecule has 0 atom stereocenters. The molecule has 4 nitrogen and oxygen atoms in total. The zero-order chi connectivity index (χ0) is 22.3. The standard InChI is InChI=1S/C28H24N2O2/c1-20-25(29-27(31)22-13-6-3-7-14-22)17-10-18-26(20)30-28(32)24-16-9-8-15-23(24)19-21-11-4-2-5-12-21/h2-18H,19H2,1H3,(H,29,31)(H,30,32). The molecule has 32 heavy (non-hydrogen) atoms. The smallest absolute Gasteiger partial charge is 0.255 e. The Balaban J connectivity index is 1.53. The molecule has 4 aromatic carbocycles. The Kier molecular flexibility index (Phi) is 6.42. The molecule has 158 valence electrons. The van der Waals surface area contributed by atoms with Crippen molar-refractivity contribution in [2.45, 2.75) is 13.3 Å². The van der Waals surface area contributed by atoms with E-state index in [1.807, 2.05) is 85.8 Å². The van der Waals surface area contributed by atoms with E-state index in [0.717, 1.165) is 16.7 Å². The summed E-state index contributed by atoms with van der Waals surface area (Å²) < 4.78 is 0. The van der Waals surface area contributed by atoms with Crippen molar-refractivity contribution in [1.82, 2.24) is 0 Å². The number of amides is 2. The minimum atomic E-state index is -0.189. The van der Waals surface area contributed by atoms with Crippen molar-refractivity contribution in [2.75, 3.05) is 10.6 Å². The van der Waals surface area contributed by atoms with Gasteiger partial charge in [-0.3, -0.25) is 9.59 Å². The molecule has 2 amide bonds. The maximum absolute atomic E-state index is 13.1. The van der Waals surface area contributed by atoms with E-state index in [-0.39, 0.29) is 11.8 Å². The summed E-state index contributed by atoms with van der Waals surface area (Å²) in [5.74, 6) is -0.364. The molecule has 0 saturated heterocycles. The van der Waals surface area contributed by atoms with E-state index in [9.17, 15) is 9.59 Å². The van der Waals surface area contributed by atoms with Crippen LogP contribution < -0.4 is 10.6 Å². The van der Waals surface area contributed by atoms with E-state index >= 15 is 0 Å². The first-order valence-electron chi connectivity index (χ1n) is 10.5. The van der Waals surface area contributed by atoms with Gasteiger partial charge in [0.05, 0.1) is 0 Å². The van der Waals surface area contributed by atoms with Gasteiger partial charge in [0.25, 0.3) is 11.8 Å². The van der Waals surface area contributed by atoms with Crippen LogP contribution in [0.3, 0.4) is 0 Å². The Morgan fingerprint density at radius 3 is 1.88 bits per heavy atom. The molecule has 0 heterocycles. The SMILES string of the molecule is Cc1c(NC(=O)c2ccccc2)cccc1NC(=O)c1ccccc1Cc1ccccc1. The fourth-order valence-electron chi connectivity index (χ4n) is 3.59. The Morgan fingerprint density at radius 2 is 1.19 bits per heavy atom. The van der Waals surface area contributed by atoms with Crippen LogP contribution in [-0.2, 0) is 6.42 Å². The zero-order valence-electron chi connectivity index (χ0n) is 17.8. The highest BCUT2D eigenvalue weighted by atomic mass is 16.2. The maximum Gasteiger partial charge on any atom is 0.255 e. The number of rotatable bonds is 6. The third-order valence-corrected chi connectivity index (χ3v) is 5.37. The molecular weight excluding hydrogens is 396 g/mol. The van der Waals surface area contributed by atoms with Gasteiger partial charge in [0.1, 0.15) is 0 Å². The highest BCUT2D eigenvalue weighted by Gasteiger charge is 2.15. The molecule has 0 saturated carbocycles. The highest BCUT2D eigenvalue weighted by molar-refractivity contribution is 6.07. The highest BCUT2D eigenvalue weighted by Crippen LogP contribution is 2.25. The van der Waals surface area contributed by atoms with Crippen LogP contribution in [0.15, 0.2) is 103 Å². The van der Waals surface area contributed by atoms with Crippen molar-refractivity contribution < 1.29 is 9.59 Å². The van der Waals surface area contributed by atoms with Crippen LogP contribution in [0.4, 0.5) is 11.4 Å². The van der Waals surface area contributed by atoms with Crippen molar-refractivity contribution in [3.8, 4) is 0 Å². The molecule has 0 aliphatic carbocycles. The van der Waals surface area contributed by atoms with Gasteiger partial charge in [-0.1, -0.05) is 72.8 Å². The Labute approximate surface area is 187 Å². The van der Waals surface area contributed by atoms with E-state index in [1.54, 1.807) is 12.1 Å². The van der Waals surface area contributed by atoms with Gasteiger partial charge in [0, 0.05) is 22.5 Å². The monoisotopic (exact) mass is 420 g/mol. The molecule has 0 radical (unpaired) electrons. The summed E-state index contributed by atoms with van der Waals surface area (Å²) in [6.07, 6.45) is 0.677. The van der Waals surface area contributed by atoms with Crippen molar-refractivity contribution in [1.29, 1.82) is 0 Å². The summed E-state index contributed by atoms with van der Waals surface area (Å²) in [5.41, 5.74) is 5.44. The summed E-state index contributed by atoms with van der Waals surface area (Å²) in [7, 11) is 0. The lowest BCUT2D eigenvalue weighted by Gasteiger charge is -2.15. The molecular formula is C28H24N2O2. The topological polar surface area (TPSA) is 58.2 Å². The van der Waals surface area contributed by atoms with Crippen LogP contribution in [0.1, 0.15) is 37.4 Å². The fraction of sp³-hybridized carbons (Fsp3) is 0.0714. The first-order valence-corrected chi connectivity index (χ1v) is 10.5. The first kappa shape index (κ1) is 21.1. The van der Waals surface area contributed by atoms with Gasteiger partial charge in [0.2, 0.25) is 0 Å². The van der Waals surface area contributed by atoms with E-state index in [0.29, 0.717) is 28.9 Å². The van der Waals surface area contributed by atoms with Crippen LogP contribution in [0, 0.1) is 6.92 Å². The lowest BCUT2D eigenvalue weighted by molar-refractivity contribution is 0.101. The van der Waals surface area contributed by atoms with Gasteiger partial charge in [-0.25, -0.2) is 0 Å². The van der Waals surface area contributed by atoms with Crippen molar-refractivity contribution >= 4 is 23.2 Å².